The van der Waals surface area contributed by atoms with E-state index in [1.807, 2.05) is 6.07 Å². The number of aromatic hydroxyl groups is 1. The number of pyridine rings is 1. The molecule has 0 aliphatic carbocycles. The number of ketones is 1. The Kier molecular flexibility index (Phi) is 6.65. The van der Waals surface area contributed by atoms with Gasteiger partial charge in [-0.15, -0.1) is 0 Å². The predicted octanol–water partition coefficient (Wildman–Crippen LogP) is 6.56. The minimum atomic E-state index is -0.400. The lowest BCUT2D eigenvalue weighted by Gasteiger charge is -2.16. The van der Waals surface area contributed by atoms with Crippen molar-refractivity contribution in [1.29, 1.82) is 0 Å². The summed E-state index contributed by atoms with van der Waals surface area (Å²) in [5.41, 5.74) is 1.50. The van der Waals surface area contributed by atoms with Crippen molar-refractivity contribution in [3.63, 3.8) is 0 Å². The summed E-state index contributed by atoms with van der Waals surface area (Å²) in [6.45, 7) is 0. The van der Waals surface area contributed by atoms with E-state index >= 15 is 0 Å². The maximum Gasteiger partial charge on any atom is 0.214 e. The van der Waals surface area contributed by atoms with Gasteiger partial charge in [-0.3, -0.25) is 14.3 Å². The first kappa shape index (κ1) is 23.2. The molecule has 0 radical (unpaired) electrons. The normalized spacial score (nSPS) is 10.8. The number of methoxy groups -OCH3 is 2. The SMILES string of the molecule is COc1ccccc1C(=O)c1c(Br)c(Cl)c(Cl)n1-c1ccnc(-c2ccccc2OC)c1O. The van der Waals surface area contributed by atoms with Gasteiger partial charge in [0.25, 0.3) is 0 Å². The number of rotatable bonds is 6. The van der Waals surface area contributed by atoms with Gasteiger partial charge in [-0.05, 0) is 46.3 Å². The molecule has 2 heterocycles. The van der Waals surface area contributed by atoms with Gasteiger partial charge in [-0.1, -0.05) is 47.5 Å². The van der Waals surface area contributed by atoms with E-state index < -0.39 is 5.78 Å². The van der Waals surface area contributed by atoms with Gasteiger partial charge in [0.1, 0.15) is 28.0 Å². The Morgan fingerprint density at radius 2 is 1.64 bits per heavy atom. The molecule has 2 aromatic heterocycles. The second kappa shape index (κ2) is 9.47. The first-order valence-corrected chi connectivity index (χ1v) is 11.2. The van der Waals surface area contributed by atoms with E-state index in [-0.39, 0.29) is 33.0 Å². The summed E-state index contributed by atoms with van der Waals surface area (Å²) < 4.78 is 12.4. The summed E-state index contributed by atoms with van der Waals surface area (Å²) in [6, 6.07) is 15.5. The zero-order valence-electron chi connectivity index (χ0n) is 17.5. The highest BCUT2D eigenvalue weighted by Gasteiger charge is 2.29. The van der Waals surface area contributed by atoms with Gasteiger partial charge >= 0.3 is 0 Å². The number of halogens is 3. The smallest absolute Gasteiger partial charge is 0.214 e. The van der Waals surface area contributed by atoms with Crippen molar-refractivity contribution in [3.05, 3.63) is 86.7 Å². The van der Waals surface area contributed by atoms with Crippen molar-refractivity contribution in [2.24, 2.45) is 0 Å². The summed E-state index contributed by atoms with van der Waals surface area (Å²) in [4.78, 5) is 17.9. The van der Waals surface area contributed by atoms with Crippen LogP contribution in [0, 0.1) is 0 Å². The molecule has 9 heteroatoms. The molecule has 168 valence electrons. The molecular formula is C24H17BrCl2N2O4. The number of para-hydroxylation sites is 2. The van der Waals surface area contributed by atoms with Crippen LogP contribution in [0.25, 0.3) is 16.9 Å². The zero-order chi connectivity index (χ0) is 23.7. The van der Waals surface area contributed by atoms with E-state index in [0.717, 1.165) is 0 Å². The fraction of sp³-hybridized carbons (Fsp3) is 0.0833. The summed E-state index contributed by atoms with van der Waals surface area (Å²) >= 11 is 16.4. The number of aromatic nitrogens is 2. The Balaban J connectivity index is 1.97. The zero-order valence-corrected chi connectivity index (χ0v) is 20.6. The van der Waals surface area contributed by atoms with Crippen molar-refractivity contribution < 1.29 is 19.4 Å². The van der Waals surface area contributed by atoms with Crippen molar-refractivity contribution in [1.82, 2.24) is 9.55 Å². The van der Waals surface area contributed by atoms with Crippen molar-refractivity contribution in [2.75, 3.05) is 14.2 Å². The molecule has 0 aliphatic heterocycles. The lowest BCUT2D eigenvalue weighted by Crippen LogP contribution is -2.11. The van der Waals surface area contributed by atoms with Crippen LogP contribution in [0.2, 0.25) is 10.2 Å². The average Bonchev–Trinajstić information content (AvgIpc) is 3.07. The minimum absolute atomic E-state index is 0.0502. The first-order valence-electron chi connectivity index (χ1n) is 9.65. The maximum atomic E-state index is 13.6. The van der Waals surface area contributed by atoms with Gasteiger partial charge < -0.3 is 14.6 Å². The molecule has 2 aromatic carbocycles. The molecule has 0 amide bonds. The van der Waals surface area contributed by atoms with Crippen LogP contribution in [0.3, 0.4) is 0 Å². The number of carbonyl (C=O) groups is 1. The molecule has 0 saturated carbocycles. The number of ether oxygens (including phenoxy) is 2. The van der Waals surface area contributed by atoms with Gasteiger partial charge in [0, 0.05) is 11.8 Å². The molecule has 0 fully saturated rings. The van der Waals surface area contributed by atoms with Crippen LogP contribution in [-0.2, 0) is 0 Å². The molecule has 0 spiro atoms. The lowest BCUT2D eigenvalue weighted by atomic mass is 10.1. The molecule has 0 bridgehead atoms. The fourth-order valence-corrected chi connectivity index (χ4v) is 4.64. The van der Waals surface area contributed by atoms with E-state index in [0.29, 0.717) is 27.1 Å². The van der Waals surface area contributed by atoms with E-state index in [9.17, 15) is 9.90 Å². The highest BCUT2D eigenvalue weighted by molar-refractivity contribution is 9.10. The van der Waals surface area contributed by atoms with Crippen LogP contribution in [0.1, 0.15) is 16.1 Å². The molecule has 4 rings (SSSR count). The standard InChI is InChI=1S/C24H17BrCl2N2O4/c1-32-16-9-5-3-7-13(16)20-23(31)15(11-12-28-20)29-21(18(25)19(26)24(29)27)22(30)14-8-4-6-10-17(14)33-2/h3-12,31H,1-2H3. The van der Waals surface area contributed by atoms with Gasteiger partial charge in [0.15, 0.2) is 5.75 Å². The summed E-state index contributed by atoms with van der Waals surface area (Å²) in [5, 5.41) is 11.4. The molecule has 33 heavy (non-hydrogen) atoms. The van der Waals surface area contributed by atoms with Crippen LogP contribution in [0.4, 0.5) is 0 Å². The van der Waals surface area contributed by atoms with Crippen molar-refractivity contribution in [2.45, 2.75) is 0 Å². The van der Waals surface area contributed by atoms with Crippen LogP contribution < -0.4 is 9.47 Å². The fourth-order valence-electron chi connectivity index (χ4n) is 3.54. The number of benzene rings is 2. The van der Waals surface area contributed by atoms with E-state index in [2.05, 4.69) is 20.9 Å². The number of nitrogens with zero attached hydrogens (tertiary/aromatic N) is 2. The minimum Gasteiger partial charge on any atom is -0.504 e. The van der Waals surface area contributed by atoms with E-state index in [4.69, 9.17) is 32.7 Å². The number of hydrogen-bond acceptors (Lipinski definition) is 5. The average molecular weight is 548 g/mol. The molecule has 4 aromatic rings. The largest absolute Gasteiger partial charge is 0.504 e. The molecular weight excluding hydrogens is 531 g/mol. The Morgan fingerprint density at radius 1 is 1.00 bits per heavy atom. The summed E-state index contributed by atoms with van der Waals surface area (Å²) in [5.74, 6) is 0.323. The van der Waals surface area contributed by atoms with Gasteiger partial charge in [0.2, 0.25) is 5.78 Å². The molecule has 6 nitrogen and oxygen atoms in total. The second-order valence-corrected chi connectivity index (χ2v) is 8.39. The Bertz CT molecular complexity index is 1370. The maximum absolute atomic E-state index is 13.6. The Labute approximate surface area is 208 Å². The Hall–Kier alpha value is -3.00. The molecule has 0 atom stereocenters. The van der Waals surface area contributed by atoms with Crippen LogP contribution in [-0.4, -0.2) is 34.7 Å². The van der Waals surface area contributed by atoms with Gasteiger partial charge in [0.05, 0.1) is 35.0 Å². The van der Waals surface area contributed by atoms with Gasteiger partial charge in [-0.2, -0.15) is 0 Å². The third kappa shape index (κ3) is 3.97. The van der Waals surface area contributed by atoms with Crippen LogP contribution in [0.15, 0.2) is 65.3 Å². The Morgan fingerprint density at radius 3 is 2.33 bits per heavy atom. The van der Waals surface area contributed by atoms with Crippen LogP contribution in [0.5, 0.6) is 17.2 Å². The predicted molar refractivity (Wildman–Crippen MR) is 131 cm³/mol. The highest BCUT2D eigenvalue weighted by atomic mass is 79.9. The number of carbonyl (C=O) groups excluding carboxylic acids is 1. The molecule has 1 N–H and O–H groups in total. The van der Waals surface area contributed by atoms with Crippen molar-refractivity contribution in [3.8, 4) is 34.2 Å². The first-order chi connectivity index (χ1) is 15.9. The summed E-state index contributed by atoms with van der Waals surface area (Å²) in [6.07, 6.45) is 1.51. The number of hydrogen-bond donors (Lipinski definition) is 1. The molecule has 0 saturated heterocycles. The molecule has 0 unspecified atom stereocenters. The lowest BCUT2D eigenvalue weighted by molar-refractivity contribution is 0.102. The van der Waals surface area contributed by atoms with Gasteiger partial charge in [-0.25, -0.2) is 0 Å². The van der Waals surface area contributed by atoms with E-state index in [1.54, 1.807) is 48.5 Å². The van der Waals surface area contributed by atoms with E-state index in [1.165, 1.54) is 25.0 Å². The van der Waals surface area contributed by atoms with Crippen LogP contribution >= 0.6 is 39.1 Å². The third-order valence-corrected chi connectivity index (χ3v) is 6.90. The topological polar surface area (TPSA) is 73.6 Å². The monoisotopic (exact) mass is 546 g/mol. The third-order valence-electron chi connectivity index (χ3n) is 5.07. The van der Waals surface area contributed by atoms with Crippen molar-refractivity contribution >= 4 is 44.9 Å². The quantitative estimate of drug-likeness (QED) is 0.277. The highest BCUT2D eigenvalue weighted by Crippen LogP contribution is 2.44. The second-order valence-electron chi connectivity index (χ2n) is 6.86. The summed E-state index contributed by atoms with van der Waals surface area (Å²) in [7, 11) is 3.01. The molecule has 0 aliphatic rings.